The second kappa shape index (κ2) is 8.56. The smallest absolute Gasteiger partial charge is 0.255 e. The minimum absolute atomic E-state index is 0.0371. The quantitative estimate of drug-likeness (QED) is 0.731. The predicted molar refractivity (Wildman–Crippen MR) is 106 cm³/mol. The molecular formula is C19H19ClF2N2O5S. The molecule has 2 aromatic carbocycles. The van der Waals surface area contributed by atoms with Crippen molar-refractivity contribution < 1.29 is 31.8 Å². The van der Waals surface area contributed by atoms with Crippen LogP contribution in [0.1, 0.15) is 17.3 Å². The van der Waals surface area contributed by atoms with E-state index in [-0.39, 0.29) is 42.6 Å². The van der Waals surface area contributed by atoms with Crippen LogP contribution in [-0.4, -0.2) is 55.6 Å². The number of hydrogen-bond donors (Lipinski definition) is 2. The number of ether oxygens (including phenoxy) is 1. The van der Waals surface area contributed by atoms with Crippen LogP contribution in [0.4, 0.5) is 14.5 Å². The molecule has 2 aromatic rings. The molecule has 1 aliphatic rings. The third kappa shape index (κ3) is 5.13. The van der Waals surface area contributed by atoms with Gasteiger partial charge in [0.15, 0.2) is 0 Å². The van der Waals surface area contributed by atoms with Crippen LogP contribution in [0, 0.1) is 11.6 Å². The Kier molecular flexibility index (Phi) is 6.44. The van der Waals surface area contributed by atoms with Crippen LogP contribution >= 0.6 is 11.6 Å². The third-order valence-electron chi connectivity index (χ3n) is 4.36. The summed E-state index contributed by atoms with van der Waals surface area (Å²) in [5.41, 5.74) is -1.52. The van der Waals surface area contributed by atoms with Gasteiger partial charge in [0.1, 0.15) is 11.6 Å². The number of carbonyl (C=O) groups is 1. The summed E-state index contributed by atoms with van der Waals surface area (Å²) in [6.07, 6.45) is 0. The zero-order chi connectivity index (χ0) is 22.1. The lowest BCUT2D eigenvalue weighted by atomic mass is 10.1. The Hall–Kier alpha value is -2.11. The lowest BCUT2D eigenvalue weighted by Gasteiger charge is -2.26. The first-order valence-electron chi connectivity index (χ1n) is 8.85. The Balaban J connectivity index is 1.90. The van der Waals surface area contributed by atoms with Gasteiger partial charge in [-0.1, -0.05) is 11.6 Å². The van der Waals surface area contributed by atoms with Crippen molar-refractivity contribution in [3.8, 4) is 0 Å². The number of β-amino-alcohol motifs (C(OH)–C–C–N with tert-alkyl or cyclic N) is 1. The van der Waals surface area contributed by atoms with Gasteiger partial charge in [0, 0.05) is 24.3 Å². The molecule has 1 amide bonds. The van der Waals surface area contributed by atoms with Crippen LogP contribution in [-0.2, 0) is 14.8 Å². The SMILES string of the molecule is CC1(O)COCCN(S(=O)(=O)c2cc(F)cc(C(=O)Nc3ccc(F)c(Cl)c3)c2)C1. The van der Waals surface area contributed by atoms with E-state index in [1.54, 1.807) is 0 Å². The minimum atomic E-state index is -4.22. The average Bonchev–Trinajstić information content (AvgIpc) is 2.85. The van der Waals surface area contributed by atoms with Gasteiger partial charge in [0.25, 0.3) is 5.91 Å². The highest BCUT2D eigenvalue weighted by Gasteiger charge is 2.35. The zero-order valence-corrected chi connectivity index (χ0v) is 17.4. The molecule has 3 rings (SSSR count). The van der Waals surface area contributed by atoms with Gasteiger partial charge in [-0.05, 0) is 43.3 Å². The maximum atomic E-state index is 14.2. The highest BCUT2D eigenvalue weighted by Crippen LogP contribution is 2.24. The fourth-order valence-corrected chi connectivity index (χ4v) is 4.72. The number of carbonyl (C=O) groups excluding carboxylic acids is 1. The number of hydrogen-bond acceptors (Lipinski definition) is 5. The van der Waals surface area contributed by atoms with E-state index in [2.05, 4.69) is 5.32 Å². The largest absolute Gasteiger partial charge is 0.386 e. The summed E-state index contributed by atoms with van der Waals surface area (Å²) in [6.45, 7) is 1.16. The molecule has 11 heteroatoms. The highest BCUT2D eigenvalue weighted by atomic mass is 35.5. The number of nitrogens with one attached hydrogen (secondary N) is 1. The zero-order valence-electron chi connectivity index (χ0n) is 15.9. The molecule has 1 atom stereocenters. The van der Waals surface area contributed by atoms with Gasteiger partial charge in [0.05, 0.1) is 28.7 Å². The first-order valence-corrected chi connectivity index (χ1v) is 10.7. The average molecular weight is 461 g/mol. The first-order chi connectivity index (χ1) is 14.0. The second-order valence-corrected chi connectivity index (χ2v) is 9.49. The molecule has 0 radical (unpaired) electrons. The van der Waals surface area contributed by atoms with E-state index in [1.165, 1.54) is 19.1 Å². The number of aliphatic hydroxyl groups is 1. The van der Waals surface area contributed by atoms with Crippen molar-refractivity contribution in [1.82, 2.24) is 4.31 Å². The van der Waals surface area contributed by atoms with Crippen molar-refractivity contribution in [2.45, 2.75) is 17.4 Å². The number of anilines is 1. The third-order valence-corrected chi connectivity index (χ3v) is 6.48. The van der Waals surface area contributed by atoms with Crippen LogP contribution in [0.2, 0.25) is 5.02 Å². The number of benzene rings is 2. The van der Waals surface area contributed by atoms with Crippen LogP contribution in [0.5, 0.6) is 0 Å². The topological polar surface area (TPSA) is 95.9 Å². The standard InChI is InChI=1S/C19H19ClF2N2O5S/c1-19(26)10-24(4-5-29-11-19)30(27,28)15-7-12(6-13(21)8-15)18(25)23-14-2-3-17(22)16(20)9-14/h2-3,6-9,26H,4-5,10-11H2,1H3,(H,23,25). The summed E-state index contributed by atoms with van der Waals surface area (Å²) in [4.78, 5) is 12.1. The maximum Gasteiger partial charge on any atom is 0.255 e. The molecule has 7 nitrogen and oxygen atoms in total. The van der Waals surface area contributed by atoms with E-state index >= 15 is 0 Å². The van der Waals surface area contributed by atoms with E-state index < -0.39 is 38.1 Å². The molecule has 0 saturated carbocycles. The number of rotatable bonds is 4. The second-order valence-electron chi connectivity index (χ2n) is 7.15. The first kappa shape index (κ1) is 22.6. The summed E-state index contributed by atoms with van der Waals surface area (Å²) in [5.74, 6) is -2.41. The Morgan fingerprint density at radius 3 is 2.70 bits per heavy atom. The van der Waals surface area contributed by atoms with Crippen LogP contribution < -0.4 is 5.32 Å². The summed E-state index contributed by atoms with van der Waals surface area (Å²) in [5, 5.41) is 12.4. The minimum Gasteiger partial charge on any atom is -0.386 e. The number of sulfonamides is 1. The highest BCUT2D eigenvalue weighted by molar-refractivity contribution is 7.89. The normalized spacial score (nSPS) is 20.6. The predicted octanol–water partition coefficient (Wildman–Crippen LogP) is 2.64. The summed E-state index contributed by atoms with van der Waals surface area (Å²) in [6, 6.07) is 6.18. The molecule has 1 aliphatic heterocycles. The van der Waals surface area contributed by atoms with Crippen LogP contribution in [0.3, 0.4) is 0 Å². The van der Waals surface area contributed by atoms with Gasteiger partial charge in [-0.25, -0.2) is 17.2 Å². The molecular weight excluding hydrogens is 442 g/mol. The molecule has 30 heavy (non-hydrogen) atoms. The van der Waals surface area contributed by atoms with Gasteiger partial charge in [-0.2, -0.15) is 4.31 Å². The number of amides is 1. The Bertz CT molecular complexity index is 1080. The monoisotopic (exact) mass is 460 g/mol. The lowest BCUT2D eigenvalue weighted by molar-refractivity contribution is -0.0173. The fraction of sp³-hybridized carbons (Fsp3) is 0.316. The molecule has 1 heterocycles. The molecule has 162 valence electrons. The summed E-state index contributed by atoms with van der Waals surface area (Å²) < 4.78 is 59.6. The Labute approximate surface area is 177 Å². The van der Waals surface area contributed by atoms with E-state index in [4.69, 9.17) is 16.3 Å². The summed E-state index contributed by atoms with van der Waals surface area (Å²) in [7, 11) is -4.22. The van der Waals surface area contributed by atoms with Crippen molar-refractivity contribution in [1.29, 1.82) is 0 Å². The van der Waals surface area contributed by atoms with Crippen molar-refractivity contribution in [2.75, 3.05) is 31.6 Å². The maximum absolute atomic E-state index is 14.2. The van der Waals surface area contributed by atoms with Gasteiger partial charge < -0.3 is 15.2 Å². The molecule has 1 saturated heterocycles. The van der Waals surface area contributed by atoms with E-state index in [1.807, 2.05) is 0 Å². The van der Waals surface area contributed by atoms with Gasteiger partial charge in [-0.15, -0.1) is 0 Å². The molecule has 2 N–H and O–H groups in total. The van der Waals surface area contributed by atoms with Crippen LogP contribution in [0.25, 0.3) is 0 Å². The van der Waals surface area contributed by atoms with E-state index in [0.717, 1.165) is 28.6 Å². The van der Waals surface area contributed by atoms with Crippen molar-refractivity contribution in [2.24, 2.45) is 0 Å². The van der Waals surface area contributed by atoms with Gasteiger partial charge >= 0.3 is 0 Å². The van der Waals surface area contributed by atoms with Crippen molar-refractivity contribution >= 4 is 33.2 Å². The molecule has 0 aromatic heterocycles. The molecule has 0 spiro atoms. The fourth-order valence-electron chi connectivity index (χ4n) is 2.94. The molecule has 1 fully saturated rings. The Morgan fingerprint density at radius 1 is 1.27 bits per heavy atom. The number of halogens is 3. The molecule has 0 aliphatic carbocycles. The van der Waals surface area contributed by atoms with E-state index in [0.29, 0.717) is 0 Å². The summed E-state index contributed by atoms with van der Waals surface area (Å²) >= 11 is 5.67. The molecule has 0 bridgehead atoms. The van der Waals surface area contributed by atoms with Crippen molar-refractivity contribution in [3.05, 3.63) is 58.6 Å². The van der Waals surface area contributed by atoms with Gasteiger partial charge in [0.2, 0.25) is 10.0 Å². The number of nitrogens with zero attached hydrogens (tertiary/aromatic N) is 1. The van der Waals surface area contributed by atoms with Crippen molar-refractivity contribution in [3.63, 3.8) is 0 Å². The Morgan fingerprint density at radius 2 is 2.00 bits per heavy atom. The van der Waals surface area contributed by atoms with Gasteiger partial charge in [-0.3, -0.25) is 4.79 Å². The van der Waals surface area contributed by atoms with Crippen LogP contribution in [0.15, 0.2) is 41.3 Å². The van der Waals surface area contributed by atoms with E-state index in [9.17, 15) is 27.1 Å². The lowest BCUT2D eigenvalue weighted by Crippen LogP contribution is -2.44. The molecule has 1 unspecified atom stereocenters.